The summed E-state index contributed by atoms with van der Waals surface area (Å²) < 4.78 is 0. The Kier molecular flexibility index (Phi) is 5.10. The van der Waals surface area contributed by atoms with Gasteiger partial charge in [0.15, 0.2) is 0 Å². The molecule has 98 valence electrons. The molecule has 0 fully saturated rings. The molecule has 3 nitrogen and oxygen atoms in total. The number of aliphatic hydroxyl groups is 1. The summed E-state index contributed by atoms with van der Waals surface area (Å²) in [5, 5.41) is 26.2. The molecule has 0 aliphatic rings. The van der Waals surface area contributed by atoms with Gasteiger partial charge in [0.1, 0.15) is 0 Å². The number of nitrogens with zero attached hydrogens (tertiary/aromatic N) is 1. The van der Waals surface area contributed by atoms with Crippen LogP contribution >= 0.6 is 11.3 Å². The molecule has 0 bridgehead atoms. The molecule has 1 heterocycles. The number of rotatable bonds is 6. The summed E-state index contributed by atoms with van der Waals surface area (Å²) >= 11 is 1.70. The molecular weight excluding hydrogens is 256 g/mol. The Labute approximate surface area is 117 Å². The molecule has 1 unspecified atom stereocenters. The number of aliphatic hydroxyl groups excluding tert-OH is 1. The molecule has 1 atom stereocenters. The van der Waals surface area contributed by atoms with E-state index in [1.54, 1.807) is 35.6 Å². The van der Waals surface area contributed by atoms with Gasteiger partial charge >= 0.3 is 0 Å². The standard InChI is InChI=1S/C15H16N2OS/c16-9-12-1-3-14(4-2-12)15(18)10-17-7-5-13-6-8-19-11-13/h1-4,6,8,11,15,17-18H,5,7,10H2. The number of nitrogens with one attached hydrogen (secondary N) is 1. The molecule has 0 saturated heterocycles. The maximum atomic E-state index is 10.00. The lowest BCUT2D eigenvalue weighted by molar-refractivity contribution is 0.175. The van der Waals surface area contributed by atoms with Crippen LogP contribution < -0.4 is 5.32 Å². The van der Waals surface area contributed by atoms with Crippen LogP contribution in [-0.2, 0) is 6.42 Å². The average molecular weight is 272 g/mol. The first kappa shape index (κ1) is 13.8. The van der Waals surface area contributed by atoms with Crippen LogP contribution in [0.1, 0.15) is 22.8 Å². The molecule has 0 amide bonds. The Morgan fingerprint density at radius 2 is 2.05 bits per heavy atom. The van der Waals surface area contributed by atoms with E-state index in [1.165, 1.54) is 5.56 Å². The minimum Gasteiger partial charge on any atom is -0.387 e. The smallest absolute Gasteiger partial charge is 0.0991 e. The molecule has 0 saturated carbocycles. The fourth-order valence-electron chi connectivity index (χ4n) is 1.80. The normalized spacial score (nSPS) is 12.0. The number of benzene rings is 1. The van der Waals surface area contributed by atoms with Gasteiger partial charge in [-0.2, -0.15) is 16.6 Å². The van der Waals surface area contributed by atoms with E-state index >= 15 is 0 Å². The zero-order chi connectivity index (χ0) is 13.5. The van der Waals surface area contributed by atoms with Gasteiger partial charge in [-0.25, -0.2) is 0 Å². The van der Waals surface area contributed by atoms with E-state index in [1.807, 2.05) is 0 Å². The number of thiophene rings is 1. The summed E-state index contributed by atoms with van der Waals surface area (Å²) in [7, 11) is 0. The molecular formula is C15H16N2OS. The van der Waals surface area contributed by atoms with Gasteiger partial charge in [-0.15, -0.1) is 0 Å². The third kappa shape index (κ3) is 4.18. The largest absolute Gasteiger partial charge is 0.387 e. The Balaban J connectivity index is 1.74. The van der Waals surface area contributed by atoms with Crippen molar-refractivity contribution in [3.8, 4) is 6.07 Å². The molecule has 0 aliphatic heterocycles. The lowest BCUT2D eigenvalue weighted by atomic mass is 10.1. The van der Waals surface area contributed by atoms with Crippen molar-refractivity contribution in [3.63, 3.8) is 0 Å². The quantitative estimate of drug-likeness (QED) is 0.794. The van der Waals surface area contributed by atoms with Crippen LogP contribution in [0.25, 0.3) is 0 Å². The van der Waals surface area contributed by atoms with E-state index in [9.17, 15) is 5.11 Å². The van der Waals surface area contributed by atoms with Crippen LogP contribution in [0.4, 0.5) is 0 Å². The van der Waals surface area contributed by atoms with Crippen LogP contribution in [0.2, 0.25) is 0 Å². The second-order valence-corrected chi connectivity index (χ2v) is 5.12. The molecule has 0 radical (unpaired) electrons. The molecule has 2 aromatic rings. The zero-order valence-electron chi connectivity index (χ0n) is 10.5. The van der Waals surface area contributed by atoms with Crippen LogP contribution in [0.5, 0.6) is 0 Å². The van der Waals surface area contributed by atoms with E-state index in [0.29, 0.717) is 12.1 Å². The van der Waals surface area contributed by atoms with E-state index in [0.717, 1.165) is 18.5 Å². The van der Waals surface area contributed by atoms with Crippen LogP contribution in [0.15, 0.2) is 41.1 Å². The van der Waals surface area contributed by atoms with E-state index in [4.69, 9.17) is 5.26 Å². The Hall–Kier alpha value is -1.67. The molecule has 2 rings (SSSR count). The number of nitriles is 1. The lowest BCUT2D eigenvalue weighted by Crippen LogP contribution is -2.23. The van der Waals surface area contributed by atoms with E-state index < -0.39 is 6.10 Å². The lowest BCUT2D eigenvalue weighted by Gasteiger charge is -2.12. The van der Waals surface area contributed by atoms with Gasteiger partial charge in [-0.05, 0) is 53.1 Å². The van der Waals surface area contributed by atoms with Gasteiger partial charge in [0.05, 0.1) is 17.7 Å². The number of hydrogen-bond acceptors (Lipinski definition) is 4. The van der Waals surface area contributed by atoms with Crippen LogP contribution in [-0.4, -0.2) is 18.2 Å². The van der Waals surface area contributed by atoms with E-state index in [-0.39, 0.29) is 0 Å². The third-order valence-corrected chi connectivity index (χ3v) is 3.66. The summed E-state index contributed by atoms with van der Waals surface area (Å²) in [4.78, 5) is 0. The van der Waals surface area contributed by atoms with Gasteiger partial charge in [0, 0.05) is 6.54 Å². The predicted octanol–water partition coefficient (Wildman–Crippen LogP) is 2.49. The second kappa shape index (κ2) is 7.05. The van der Waals surface area contributed by atoms with Gasteiger partial charge in [-0.3, -0.25) is 0 Å². The van der Waals surface area contributed by atoms with Crippen molar-refractivity contribution in [2.75, 3.05) is 13.1 Å². The Morgan fingerprint density at radius 1 is 1.26 bits per heavy atom. The molecule has 1 aromatic carbocycles. The second-order valence-electron chi connectivity index (χ2n) is 4.34. The fourth-order valence-corrected chi connectivity index (χ4v) is 2.51. The Morgan fingerprint density at radius 3 is 2.68 bits per heavy atom. The highest BCUT2D eigenvalue weighted by molar-refractivity contribution is 7.07. The highest BCUT2D eigenvalue weighted by Crippen LogP contribution is 2.12. The van der Waals surface area contributed by atoms with Crippen LogP contribution in [0.3, 0.4) is 0 Å². The third-order valence-electron chi connectivity index (χ3n) is 2.93. The maximum Gasteiger partial charge on any atom is 0.0991 e. The molecule has 4 heteroatoms. The SMILES string of the molecule is N#Cc1ccc(C(O)CNCCc2ccsc2)cc1. The van der Waals surface area contributed by atoms with Gasteiger partial charge in [-0.1, -0.05) is 12.1 Å². The number of hydrogen-bond donors (Lipinski definition) is 2. The maximum absolute atomic E-state index is 10.00. The molecule has 0 spiro atoms. The minimum absolute atomic E-state index is 0.524. The molecule has 1 aromatic heterocycles. The summed E-state index contributed by atoms with van der Waals surface area (Å²) in [5.41, 5.74) is 2.77. The first-order valence-electron chi connectivity index (χ1n) is 6.19. The van der Waals surface area contributed by atoms with E-state index in [2.05, 4.69) is 28.2 Å². The van der Waals surface area contributed by atoms with Gasteiger partial charge in [0.25, 0.3) is 0 Å². The average Bonchev–Trinajstić information content (AvgIpc) is 2.96. The van der Waals surface area contributed by atoms with Crippen molar-refractivity contribution in [2.24, 2.45) is 0 Å². The van der Waals surface area contributed by atoms with Crippen molar-refractivity contribution in [2.45, 2.75) is 12.5 Å². The molecule has 19 heavy (non-hydrogen) atoms. The highest BCUT2D eigenvalue weighted by atomic mass is 32.1. The fraction of sp³-hybridized carbons (Fsp3) is 0.267. The summed E-state index contributed by atoms with van der Waals surface area (Å²) in [5.74, 6) is 0. The van der Waals surface area contributed by atoms with Gasteiger partial charge < -0.3 is 10.4 Å². The highest BCUT2D eigenvalue weighted by Gasteiger charge is 2.06. The van der Waals surface area contributed by atoms with Crippen molar-refractivity contribution in [3.05, 3.63) is 57.8 Å². The Bertz CT molecular complexity index is 528. The zero-order valence-corrected chi connectivity index (χ0v) is 11.4. The predicted molar refractivity (Wildman–Crippen MR) is 77.0 cm³/mol. The first-order valence-corrected chi connectivity index (χ1v) is 7.14. The minimum atomic E-state index is -0.532. The summed E-state index contributed by atoms with van der Waals surface area (Å²) in [6.45, 7) is 1.38. The van der Waals surface area contributed by atoms with Crippen molar-refractivity contribution >= 4 is 11.3 Å². The van der Waals surface area contributed by atoms with Crippen molar-refractivity contribution in [1.82, 2.24) is 5.32 Å². The summed E-state index contributed by atoms with van der Waals surface area (Å²) in [6, 6.07) is 11.2. The van der Waals surface area contributed by atoms with Crippen molar-refractivity contribution < 1.29 is 5.11 Å². The summed E-state index contributed by atoms with van der Waals surface area (Å²) in [6.07, 6.45) is 0.444. The van der Waals surface area contributed by atoms with Crippen molar-refractivity contribution in [1.29, 1.82) is 5.26 Å². The van der Waals surface area contributed by atoms with Gasteiger partial charge in [0.2, 0.25) is 0 Å². The molecule has 0 aliphatic carbocycles. The molecule has 2 N–H and O–H groups in total. The topological polar surface area (TPSA) is 56.0 Å². The first-order chi connectivity index (χ1) is 9.29. The monoisotopic (exact) mass is 272 g/mol. The van der Waals surface area contributed by atoms with Crippen LogP contribution in [0, 0.1) is 11.3 Å².